The fourth-order valence-corrected chi connectivity index (χ4v) is 2.55. The highest BCUT2D eigenvalue weighted by Crippen LogP contribution is 2.40. The van der Waals surface area contributed by atoms with E-state index in [2.05, 4.69) is 5.32 Å². The Morgan fingerprint density at radius 1 is 1.47 bits per heavy atom. The van der Waals surface area contributed by atoms with Gasteiger partial charge in [-0.2, -0.15) is 0 Å². The van der Waals surface area contributed by atoms with Gasteiger partial charge in [-0.1, -0.05) is 6.92 Å². The summed E-state index contributed by atoms with van der Waals surface area (Å²) in [6.07, 6.45) is 0.00432. The lowest BCUT2D eigenvalue weighted by atomic mass is 9.77. The fourth-order valence-electron chi connectivity index (χ4n) is 2.55. The van der Waals surface area contributed by atoms with E-state index in [1.807, 2.05) is 20.8 Å². The zero-order valence-electron chi connectivity index (χ0n) is 10.1. The van der Waals surface area contributed by atoms with Crippen LogP contribution < -0.4 is 5.32 Å². The van der Waals surface area contributed by atoms with Crippen LogP contribution in [0.3, 0.4) is 0 Å². The minimum atomic E-state index is -0.626. The Hall–Kier alpha value is -1.42. The maximum absolute atomic E-state index is 13.4. The molecule has 0 saturated heterocycles. The number of fused-ring (bicyclic) bond motifs is 1. The molecule has 1 aliphatic rings. The van der Waals surface area contributed by atoms with Gasteiger partial charge in [-0.05, 0) is 31.5 Å². The average molecular weight is 237 g/mol. The van der Waals surface area contributed by atoms with Crippen molar-refractivity contribution in [2.75, 3.05) is 5.32 Å². The van der Waals surface area contributed by atoms with Crippen LogP contribution in [0.1, 0.15) is 42.6 Å². The maximum Gasteiger partial charge on any atom is 0.150 e. The average Bonchev–Trinajstić information content (AvgIpc) is 2.24. The number of nitrogens with one attached hydrogen (secondary N) is 1. The van der Waals surface area contributed by atoms with Crippen LogP contribution in [-0.4, -0.2) is 23.0 Å². The summed E-state index contributed by atoms with van der Waals surface area (Å²) in [4.78, 5) is 11.0. The first-order chi connectivity index (χ1) is 7.86. The van der Waals surface area contributed by atoms with Gasteiger partial charge in [-0.3, -0.25) is 4.79 Å². The molecule has 2 N–H and O–H groups in total. The molecule has 0 aromatic heterocycles. The van der Waals surface area contributed by atoms with E-state index in [1.54, 1.807) is 0 Å². The first-order valence-corrected chi connectivity index (χ1v) is 5.61. The van der Waals surface area contributed by atoms with Crippen molar-refractivity contribution in [3.8, 4) is 0 Å². The second kappa shape index (κ2) is 3.81. The van der Waals surface area contributed by atoms with Gasteiger partial charge in [-0.25, -0.2) is 4.39 Å². The summed E-state index contributed by atoms with van der Waals surface area (Å²) in [5, 5.41) is 13.3. The summed E-state index contributed by atoms with van der Waals surface area (Å²) in [6.45, 7) is 5.54. The molecule has 1 aromatic carbocycles. The quantitative estimate of drug-likeness (QED) is 0.737. The van der Waals surface area contributed by atoms with Gasteiger partial charge in [-0.15, -0.1) is 0 Å². The molecule has 0 radical (unpaired) electrons. The number of aldehydes is 1. The molecule has 0 amide bonds. The van der Waals surface area contributed by atoms with Gasteiger partial charge in [0.1, 0.15) is 5.82 Å². The molecule has 4 heteroatoms. The standard InChI is InChI=1S/C13H16FNO2/c1-7-11-8(6-16)4-9(14)5-10(11)15-13(2,3)12(7)17/h4-7,12,15,17H,1-3H3/t7-,12+/m1/s1. The minimum absolute atomic E-state index is 0.206. The largest absolute Gasteiger partial charge is 0.390 e. The van der Waals surface area contributed by atoms with Gasteiger partial charge in [0.2, 0.25) is 0 Å². The Morgan fingerprint density at radius 3 is 2.71 bits per heavy atom. The third-order valence-corrected chi connectivity index (χ3v) is 3.43. The molecule has 0 bridgehead atoms. The van der Waals surface area contributed by atoms with Crippen LogP contribution in [0.2, 0.25) is 0 Å². The molecule has 92 valence electrons. The van der Waals surface area contributed by atoms with E-state index in [0.29, 0.717) is 23.1 Å². The summed E-state index contributed by atoms with van der Waals surface area (Å²) in [5.41, 5.74) is 1.04. The van der Waals surface area contributed by atoms with Crippen molar-refractivity contribution >= 4 is 12.0 Å². The van der Waals surface area contributed by atoms with Crippen LogP contribution in [0, 0.1) is 5.82 Å². The summed E-state index contributed by atoms with van der Waals surface area (Å²) in [7, 11) is 0. The topological polar surface area (TPSA) is 49.3 Å². The zero-order chi connectivity index (χ0) is 12.8. The molecular formula is C13H16FNO2. The fraction of sp³-hybridized carbons (Fsp3) is 0.462. The lowest BCUT2D eigenvalue weighted by Crippen LogP contribution is -2.50. The molecule has 17 heavy (non-hydrogen) atoms. The highest BCUT2D eigenvalue weighted by Gasteiger charge is 2.39. The Labute approximate surface area is 99.7 Å². The molecule has 0 aliphatic carbocycles. The van der Waals surface area contributed by atoms with E-state index in [1.165, 1.54) is 12.1 Å². The highest BCUT2D eigenvalue weighted by atomic mass is 19.1. The number of hydrogen-bond donors (Lipinski definition) is 2. The molecule has 1 heterocycles. The third kappa shape index (κ3) is 1.82. The monoisotopic (exact) mass is 237 g/mol. The lowest BCUT2D eigenvalue weighted by Gasteiger charge is -2.42. The molecule has 0 fully saturated rings. The molecule has 1 aliphatic heterocycles. The molecule has 0 saturated carbocycles. The van der Waals surface area contributed by atoms with Gasteiger partial charge in [0, 0.05) is 17.2 Å². The number of hydrogen-bond acceptors (Lipinski definition) is 3. The number of benzene rings is 1. The van der Waals surface area contributed by atoms with E-state index >= 15 is 0 Å². The Balaban J connectivity index is 2.64. The Morgan fingerprint density at radius 2 is 2.12 bits per heavy atom. The van der Waals surface area contributed by atoms with Gasteiger partial charge in [0.15, 0.2) is 6.29 Å². The second-order valence-corrected chi connectivity index (χ2v) is 5.15. The predicted molar refractivity (Wildman–Crippen MR) is 63.9 cm³/mol. The summed E-state index contributed by atoms with van der Waals surface area (Å²) < 4.78 is 13.4. The first kappa shape index (κ1) is 12.0. The maximum atomic E-state index is 13.4. The van der Waals surface area contributed by atoms with Crippen molar-refractivity contribution in [3.05, 3.63) is 29.1 Å². The summed E-state index contributed by atoms with van der Waals surface area (Å²) >= 11 is 0. The van der Waals surface area contributed by atoms with E-state index in [0.717, 1.165) is 0 Å². The van der Waals surface area contributed by atoms with E-state index in [9.17, 15) is 14.3 Å². The van der Waals surface area contributed by atoms with E-state index < -0.39 is 17.5 Å². The smallest absolute Gasteiger partial charge is 0.150 e. The summed E-state index contributed by atoms with van der Waals surface area (Å²) in [6, 6.07) is 2.57. The lowest BCUT2D eigenvalue weighted by molar-refractivity contribution is 0.0862. The van der Waals surface area contributed by atoms with E-state index in [-0.39, 0.29) is 5.92 Å². The minimum Gasteiger partial charge on any atom is -0.390 e. The van der Waals surface area contributed by atoms with Gasteiger partial charge < -0.3 is 10.4 Å². The Kier molecular flexibility index (Phi) is 2.70. The van der Waals surface area contributed by atoms with Crippen LogP contribution in [-0.2, 0) is 0 Å². The molecule has 3 nitrogen and oxygen atoms in total. The van der Waals surface area contributed by atoms with Gasteiger partial charge in [0.25, 0.3) is 0 Å². The highest BCUT2D eigenvalue weighted by molar-refractivity contribution is 5.82. The molecule has 0 spiro atoms. The zero-order valence-corrected chi connectivity index (χ0v) is 10.1. The van der Waals surface area contributed by atoms with Crippen molar-refractivity contribution in [1.82, 2.24) is 0 Å². The number of aliphatic hydroxyl groups is 1. The van der Waals surface area contributed by atoms with Crippen LogP contribution in [0.25, 0.3) is 0 Å². The SMILES string of the molecule is C[C@@H]1c2c(C=O)cc(F)cc2NC(C)(C)[C@H]1O. The van der Waals surface area contributed by atoms with Crippen molar-refractivity contribution < 1.29 is 14.3 Å². The van der Waals surface area contributed by atoms with Crippen molar-refractivity contribution in [1.29, 1.82) is 0 Å². The summed E-state index contributed by atoms with van der Waals surface area (Å²) in [5.74, 6) is -0.653. The number of carbonyl (C=O) groups excluding carboxylic acids is 1. The second-order valence-electron chi connectivity index (χ2n) is 5.15. The number of carbonyl (C=O) groups is 1. The molecule has 2 atom stereocenters. The Bertz CT molecular complexity index is 471. The van der Waals surface area contributed by atoms with Crippen molar-refractivity contribution in [2.24, 2.45) is 0 Å². The number of halogens is 1. The molecule has 0 unspecified atom stereocenters. The normalized spacial score (nSPS) is 25.9. The van der Waals surface area contributed by atoms with Crippen molar-refractivity contribution in [2.45, 2.75) is 38.3 Å². The first-order valence-electron chi connectivity index (χ1n) is 5.61. The number of rotatable bonds is 1. The number of anilines is 1. The van der Waals surface area contributed by atoms with Gasteiger partial charge >= 0.3 is 0 Å². The third-order valence-electron chi connectivity index (χ3n) is 3.43. The molecular weight excluding hydrogens is 221 g/mol. The van der Waals surface area contributed by atoms with E-state index in [4.69, 9.17) is 0 Å². The van der Waals surface area contributed by atoms with Crippen LogP contribution in [0.5, 0.6) is 0 Å². The molecule has 1 aromatic rings. The van der Waals surface area contributed by atoms with Crippen LogP contribution in [0.15, 0.2) is 12.1 Å². The predicted octanol–water partition coefficient (Wildman–Crippen LogP) is 2.31. The van der Waals surface area contributed by atoms with Crippen molar-refractivity contribution in [3.63, 3.8) is 0 Å². The van der Waals surface area contributed by atoms with Crippen LogP contribution >= 0.6 is 0 Å². The number of aliphatic hydroxyl groups excluding tert-OH is 1. The molecule has 2 rings (SSSR count). The van der Waals surface area contributed by atoms with Crippen LogP contribution in [0.4, 0.5) is 10.1 Å². The van der Waals surface area contributed by atoms with Gasteiger partial charge in [0.05, 0.1) is 11.6 Å².